The van der Waals surface area contributed by atoms with Crippen molar-refractivity contribution < 1.29 is 4.79 Å². The van der Waals surface area contributed by atoms with Crippen molar-refractivity contribution in [1.82, 2.24) is 25.0 Å². The van der Waals surface area contributed by atoms with E-state index in [1.165, 1.54) is 0 Å². The van der Waals surface area contributed by atoms with Crippen molar-refractivity contribution in [2.75, 3.05) is 20.1 Å². The molecule has 148 valence electrons. The van der Waals surface area contributed by atoms with Gasteiger partial charge in [-0.1, -0.05) is 13.8 Å². The molecule has 2 aromatic rings. The summed E-state index contributed by atoms with van der Waals surface area (Å²) < 4.78 is 1.97. The first-order valence-corrected chi connectivity index (χ1v) is 10.0. The van der Waals surface area contributed by atoms with Gasteiger partial charge in [-0.25, -0.2) is 9.67 Å². The number of nitrogens with zero attached hydrogens (tertiary/aromatic N) is 4. The Morgan fingerprint density at radius 1 is 1.33 bits per heavy atom. The molecule has 1 atom stereocenters. The third-order valence-electron chi connectivity index (χ3n) is 5.41. The van der Waals surface area contributed by atoms with Crippen LogP contribution in [0.4, 0.5) is 0 Å². The summed E-state index contributed by atoms with van der Waals surface area (Å²) >= 11 is 0. The molecule has 1 unspecified atom stereocenters. The van der Waals surface area contributed by atoms with Crippen LogP contribution in [0.2, 0.25) is 0 Å². The predicted molar refractivity (Wildman–Crippen MR) is 109 cm³/mol. The predicted octanol–water partition coefficient (Wildman–Crippen LogP) is 3.44. The van der Waals surface area contributed by atoms with Gasteiger partial charge in [-0.3, -0.25) is 4.79 Å². The largest absolute Gasteiger partial charge is 0.337 e. The highest BCUT2D eigenvalue weighted by Gasteiger charge is 2.29. The van der Waals surface area contributed by atoms with Crippen LogP contribution in [-0.2, 0) is 5.54 Å². The first-order valence-electron chi connectivity index (χ1n) is 10.0. The van der Waals surface area contributed by atoms with E-state index in [9.17, 15) is 4.79 Å². The molecule has 3 rings (SSSR count). The van der Waals surface area contributed by atoms with E-state index < -0.39 is 0 Å². The second kappa shape index (κ2) is 7.23. The topological polar surface area (TPSA) is 63.1 Å². The number of carbonyl (C=O) groups excluding carboxylic acids is 1. The molecule has 0 bridgehead atoms. The number of amides is 1. The Labute approximate surface area is 162 Å². The molecule has 1 saturated heterocycles. The van der Waals surface area contributed by atoms with Gasteiger partial charge in [0.05, 0.1) is 22.2 Å². The lowest BCUT2D eigenvalue weighted by molar-refractivity contribution is 0.0700. The summed E-state index contributed by atoms with van der Waals surface area (Å²) in [5.74, 6) is 0.344. The normalized spacial score (nSPS) is 18.5. The molecule has 0 aromatic carbocycles. The highest BCUT2D eigenvalue weighted by molar-refractivity contribution is 6.06. The summed E-state index contributed by atoms with van der Waals surface area (Å²) in [5.41, 5.74) is 3.18. The summed E-state index contributed by atoms with van der Waals surface area (Å²) in [5, 5.41) is 8.97. The Hall–Kier alpha value is -1.95. The van der Waals surface area contributed by atoms with Crippen molar-refractivity contribution in [2.45, 2.75) is 71.9 Å². The van der Waals surface area contributed by atoms with E-state index in [1.807, 2.05) is 29.6 Å². The molecule has 0 spiro atoms. The highest BCUT2D eigenvalue weighted by Crippen LogP contribution is 2.30. The van der Waals surface area contributed by atoms with Gasteiger partial charge in [-0.2, -0.15) is 5.10 Å². The van der Waals surface area contributed by atoms with Crippen molar-refractivity contribution in [2.24, 2.45) is 0 Å². The number of likely N-dealkylation sites (tertiary alicyclic amines) is 1. The molecule has 27 heavy (non-hydrogen) atoms. The highest BCUT2D eigenvalue weighted by atomic mass is 16.2. The number of rotatable bonds is 3. The standard InChI is InChI=1S/C21H33N5O/c1-13(2)17-11-16(20(27)25-10-8-9-15(12-25)22-7)18-14(3)24-26(19(18)23-17)21(4,5)6/h11,13,15,22H,8-10,12H2,1-7H3. The quantitative estimate of drug-likeness (QED) is 0.898. The van der Waals surface area contributed by atoms with Crippen molar-refractivity contribution in [3.63, 3.8) is 0 Å². The molecule has 1 N–H and O–H groups in total. The second-order valence-corrected chi connectivity index (χ2v) is 9.00. The maximum absolute atomic E-state index is 13.5. The van der Waals surface area contributed by atoms with Gasteiger partial charge in [0.1, 0.15) is 0 Å². The van der Waals surface area contributed by atoms with Gasteiger partial charge in [0.15, 0.2) is 5.65 Å². The fourth-order valence-electron chi connectivity index (χ4n) is 3.81. The Morgan fingerprint density at radius 2 is 2.04 bits per heavy atom. The maximum Gasteiger partial charge on any atom is 0.254 e. The van der Waals surface area contributed by atoms with Gasteiger partial charge < -0.3 is 10.2 Å². The van der Waals surface area contributed by atoms with Crippen LogP contribution >= 0.6 is 0 Å². The number of nitrogens with one attached hydrogen (secondary N) is 1. The molecule has 1 aliphatic rings. The Kier molecular flexibility index (Phi) is 5.30. The number of likely N-dealkylation sites (N-methyl/N-ethyl adjacent to an activating group) is 1. The summed E-state index contributed by atoms with van der Waals surface area (Å²) in [7, 11) is 1.97. The zero-order valence-electron chi connectivity index (χ0n) is 17.8. The number of aryl methyl sites for hydroxylation is 1. The minimum atomic E-state index is -0.197. The molecule has 6 nitrogen and oxygen atoms in total. The first-order chi connectivity index (χ1) is 12.6. The van der Waals surface area contributed by atoms with Crippen LogP contribution in [0.5, 0.6) is 0 Å². The Morgan fingerprint density at radius 3 is 2.63 bits per heavy atom. The number of hydrogen-bond acceptors (Lipinski definition) is 4. The summed E-state index contributed by atoms with van der Waals surface area (Å²) in [6, 6.07) is 2.35. The summed E-state index contributed by atoms with van der Waals surface area (Å²) in [4.78, 5) is 20.4. The van der Waals surface area contributed by atoms with E-state index in [0.717, 1.165) is 53.9 Å². The second-order valence-electron chi connectivity index (χ2n) is 9.00. The molecule has 1 aliphatic heterocycles. The van der Waals surface area contributed by atoms with Gasteiger partial charge >= 0.3 is 0 Å². The fraction of sp³-hybridized carbons (Fsp3) is 0.667. The van der Waals surface area contributed by atoms with Crippen molar-refractivity contribution >= 4 is 16.9 Å². The molecule has 0 radical (unpaired) electrons. The minimum Gasteiger partial charge on any atom is -0.337 e. The van der Waals surface area contributed by atoms with Gasteiger partial charge in [-0.05, 0) is 59.6 Å². The van der Waals surface area contributed by atoms with Crippen LogP contribution < -0.4 is 5.32 Å². The number of piperidine rings is 1. The molecular formula is C21H33N5O. The van der Waals surface area contributed by atoms with Gasteiger partial charge in [0, 0.05) is 24.8 Å². The van der Waals surface area contributed by atoms with E-state index >= 15 is 0 Å². The molecule has 0 aliphatic carbocycles. The molecule has 0 saturated carbocycles. The van der Waals surface area contributed by atoms with E-state index in [0.29, 0.717) is 6.04 Å². The summed E-state index contributed by atoms with van der Waals surface area (Å²) in [6.45, 7) is 14.1. The van der Waals surface area contributed by atoms with Crippen LogP contribution in [0.15, 0.2) is 6.07 Å². The maximum atomic E-state index is 13.5. The summed E-state index contributed by atoms with van der Waals surface area (Å²) in [6.07, 6.45) is 2.15. The Balaban J connectivity index is 2.16. The lowest BCUT2D eigenvalue weighted by Gasteiger charge is -2.33. The lowest BCUT2D eigenvalue weighted by atomic mass is 10.0. The van der Waals surface area contributed by atoms with Crippen LogP contribution in [0.25, 0.3) is 11.0 Å². The zero-order valence-corrected chi connectivity index (χ0v) is 17.8. The number of carbonyl (C=O) groups is 1. The molecular weight excluding hydrogens is 338 g/mol. The van der Waals surface area contributed by atoms with E-state index in [2.05, 4.69) is 39.9 Å². The molecule has 6 heteroatoms. The third-order valence-corrected chi connectivity index (χ3v) is 5.41. The smallest absolute Gasteiger partial charge is 0.254 e. The number of aromatic nitrogens is 3. The van der Waals surface area contributed by atoms with Crippen molar-refractivity contribution in [3.8, 4) is 0 Å². The number of pyridine rings is 1. The molecule has 1 fully saturated rings. The van der Waals surface area contributed by atoms with Crippen molar-refractivity contribution in [3.05, 3.63) is 23.0 Å². The van der Waals surface area contributed by atoms with Crippen molar-refractivity contribution in [1.29, 1.82) is 0 Å². The van der Waals surface area contributed by atoms with E-state index in [1.54, 1.807) is 0 Å². The van der Waals surface area contributed by atoms with Gasteiger partial charge in [0.2, 0.25) is 0 Å². The molecule has 2 aromatic heterocycles. The molecule has 1 amide bonds. The lowest BCUT2D eigenvalue weighted by Crippen LogP contribution is -2.47. The van der Waals surface area contributed by atoms with Crippen LogP contribution in [-0.4, -0.2) is 51.8 Å². The average molecular weight is 372 g/mol. The van der Waals surface area contributed by atoms with Crippen LogP contribution in [0.3, 0.4) is 0 Å². The van der Waals surface area contributed by atoms with Gasteiger partial charge in [-0.15, -0.1) is 0 Å². The average Bonchev–Trinajstić information content (AvgIpc) is 2.97. The van der Waals surface area contributed by atoms with Gasteiger partial charge in [0.25, 0.3) is 5.91 Å². The monoisotopic (exact) mass is 371 g/mol. The van der Waals surface area contributed by atoms with Crippen LogP contribution in [0, 0.1) is 6.92 Å². The molecule has 3 heterocycles. The first kappa shape index (κ1) is 19.8. The SMILES string of the molecule is CNC1CCCN(C(=O)c2cc(C(C)C)nc3c2c(C)nn3C(C)(C)C)C1. The minimum absolute atomic E-state index is 0.0980. The third kappa shape index (κ3) is 3.72. The Bertz CT molecular complexity index is 846. The zero-order chi connectivity index (χ0) is 19.9. The number of hydrogen-bond donors (Lipinski definition) is 1. The van der Waals surface area contributed by atoms with E-state index in [4.69, 9.17) is 10.1 Å². The van der Waals surface area contributed by atoms with E-state index in [-0.39, 0.29) is 17.4 Å². The number of fused-ring (bicyclic) bond motifs is 1. The fourth-order valence-corrected chi connectivity index (χ4v) is 3.81. The van der Waals surface area contributed by atoms with Crippen LogP contribution in [0.1, 0.15) is 75.1 Å².